The Kier molecular flexibility index (Phi) is 4.11. The van der Waals surface area contributed by atoms with Gasteiger partial charge in [0.1, 0.15) is 11.8 Å². The van der Waals surface area contributed by atoms with Crippen LogP contribution in [-0.2, 0) is 0 Å². The second kappa shape index (κ2) is 5.98. The number of benzene rings is 1. The van der Waals surface area contributed by atoms with E-state index in [4.69, 9.17) is 21.6 Å². The van der Waals surface area contributed by atoms with Crippen LogP contribution >= 0.6 is 11.6 Å². The average molecular weight is 279 g/mol. The lowest BCUT2D eigenvalue weighted by atomic mass is 10.3. The number of rotatable bonds is 4. The Morgan fingerprint density at radius 2 is 2.11 bits per heavy atom. The summed E-state index contributed by atoms with van der Waals surface area (Å²) in [6.07, 6.45) is 0.988. The molecule has 0 saturated heterocycles. The molecule has 0 aliphatic heterocycles. The molecule has 2 rings (SSSR count). The second-order valence-corrected chi connectivity index (χ2v) is 3.77. The second-order valence-electron chi connectivity index (χ2n) is 3.43. The van der Waals surface area contributed by atoms with E-state index in [1.54, 1.807) is 24.3 Å². The number of hydrogen-bond acceptors (Lipinski definition) is 5. The molecule has 5 nitrogen and oxygen atoms in total. The van der Waals surface area contributed by atoms with Gasteiger partial charge in [0.05, 0.1) is 6.20 Å². The van der Waals surface area contributed by atoms with Crippen LogP contribution in [0.15, 0.2) is 30.5 Å². The molecule has 7 heteroatoms. The van der Waals surface area contributed by atoms with E-state index in [2.05, 4.69) is 15.3 Å². The highest BCUT2D eigenvalue weighted by Crippen LogP contribution is 2.21. The summed E-state index contributed by atoms with van der Waals surface area (Å²) in [5.74, 6) is -0.0619. The molecule has 0 aliphatic rings. The van der Waals surface area contributed by atoms with Crippen molar-refractivity contribution in [3.05, 3.63) is 41.6 Å². The highest BCUT2D eigenvalue weighted by atomic mass is 35.5. The third-order valence-electron chi connectivity index (χ3n) is 2.14. The van der Waals surface area contributed by atoms with Crippen LogP contribution in [0.1, 0.15) is 0 Å². The third kappa shape index (κ3) is 3.53. The molecular formula is C12H8ClFN4O. The summed E-state index contributed by atoms with van der Waals surface area (Å²) < 4.78 is 18.5. The maximum absolute atomic E-state index is 13.4. The quantitative estimate of drug-likeness (QED) is 0.871. The highest BCUT2D eigenvalue weighted by molar-refractivity contribution is 6.28. The van der Waals surface area contributed by atoms with Gasteiger partial charge in [-0.15, -0.1) is 0 Å². The van der Waals surface area contributed by atoms with Gasteiger partial charge in [0.2, 0.25) is 5.28 Å². The Morgan fingerprint density at radius 3 is 2.79 bits per heavy atom. The van der Waals surface area contributed by atoms with Gasteiger partial charge in [0.25, 0.3) is 0 Å². The van der Waals surface area contributed by atoms with Crippen LogP contribution in [0.2, 0.25) is 5.28 Å². The van der Waals surface area contributed by atoms with E-state index in [0.29, 0.717) is 11.4 Å². The lowest BCUT2D eigenvalue weighted by Gasteiger charge is -2.07. The van der Waals surface area contributed by atoms with E-state index in [9.17, 15) is 4.39 Å². The molecule has 0 radical (unpaired) electrons. The van der Waals surface area contributed by atoms with Gasteiger partial charge in [-0.1, -0.05) is 0 Å². The lowest BCUT2D eigenvalue weighted by molar-refractivity contribution is 0.368. The Hall–Kier alpha value is -2.39. The van der Waals surface area contributed by atoms with Crippen molar-refractivity contribution in [2.45, 2.75) is 0 Å². The molecule has 19 heavy (non-hydrogen) atoms. The van der Waals surface area contributed by atoms with Gasteiger partial charge in [-0.3, -0.25) is 0 Å². The van der Waals surface area contributed by atoms with Crippen LogP contribution in [0.4, 0.5) is 15.9 Å². The molecule has 0 atom stereocenters. The predicted octanol–water partition coefficient (Wildman–Crippen LogP) is 2.92. The van der Waals surface area contributed by atoms with Crippen molar-refractivity contribution in [2.24, 2.45) is 0 Å². The first kappa shape index (κ1) is 13.1. The molecule has 0 bridgehead atoms. The van der Waals surface area contributed by atoms with Gasteiger partial charge >= 0.3 is 0 Å². The number of nitriles is 1. The minimum Gasteiger partial charge on any atom is -0.479 e. The smallest absolute Gasteiger partial charge is 0.224 e. The van der Waals surface area contributed by atoms with Crippen molar-refractivity contribution < 1.29 is 9.13 Å². The van der Waals surface area contributed by atoms with E-state index in [1.807, 2.05) is 6.07 Å². The summed E-state index contributed by atoms with van der Waals surface area (Å²) in [6, 6.07) is 8.51. The van der Waals surface area contributed by atoms with E-state index >= 15 is 0 Å². The lowest BCUT2D eigenvalue weighted by Crippen LogP contribution is -1.99. The molecule has 0 saturated carbocycles. The first-order valence-corrected chi connectivity index (χ1v) is 5.61. The van der Waals surface area contributed by atoms with Crippen LogP contribution < -0.4 is 10.1 Å². The summed E-state index contributed by atoms with van der Waals surface area (Å²) in [5.41, 5.74) is 0.609. The fraction of sp³-hybridized carbons (Fsp3) is 0.0833. The number of hydrogen-bond donors (Lipinski definition) is 1. The SMILES string of the molecule is N#CCOc1ccc(Nc2nc(Cl)ncc2F)cc1. The Bertz CT molecular complexity index is 612. The first-order valence-electron chi connectivity index (χ1n) is 5.24. The molecule has 1 heterocycles. The van der Waals surface area contributed by atoms with E-state index in [-0.39, 0.29) is 17.7 Å². The van der Waals surface area contributed by atoms with Crippen molar-refractivity contribution in [1.29, 1.82) is 5.26 Å². The number of halogens is 2. The molecule has 0 spiro atoms. The molecular weight excluding hydrogens is 271 g/mol. The third-order valence-corrected chi connectivity index (χ3v) is 2.32. The van der Waals surface area contributed by atoms with Gasteiger partial charge in [0.15, 0.2) is 18.2 Å². The summed E-state index contributed by atoms with van der Waals surface area (Å²) in [5, 5.41) is 11.1. The maximum Gasteiger partial charge on any atom is 0.224 e. The molecule has 0 aliphatic carbocycles. The monoisotopic (exact) mass is 278 g/mol. The molecule has 0 fully saturated rings. The zero-order valence-corrected chi connectivity index (χ0v) is 10.4. The molecule has 96 valence electrons. The average Bonchev–Trinajstić information content (AvgIpc) is 2.42. The standard InChI is InChI=1S/C12H8ClFN4O/c13-12-16-7-10(14)11(18-12)17-8-1-3-9(4-2-8)19-6-5-15/h1-4,7H,6H2,(H,16,17,18). The largest absolute Gasteiger partial charge is 0.479 e. The molecule has 1 aromatic carbocycles. The topological polar surface area (TPSA) is 70.8 Å². The fourth-order valence-electron chi connectivity index (χ4n) is 1.32. The van der Waals surface area contributed by atoms with Gasteiger partial charge in [-0.05, 0) is 35.9 Å². The van der Waals surface area contributed by atoms with Crippen molar-refractivity contribution >= 4 is 23.1 Å². The highest BCUT2D eigenvalue weighted by Gasteiger charge is 2.06. The predicted molar refractivity (Wildman–Crippen MR) is 67.8 cm³/mol. The minimum atomic E-state index is -0.603. The Labute approximate surface area is 113 Å². The van der Waals surface area contributed by atoms with Crippen LogP contribution in [0.5, 0.6) is 5.75 Å². The molecule has 2 aromatic rings. The number of anilines is 2. The van der Waals surface area contributed by atoms with Crippen LogP contribution in [0, 0.1) is 17.1 Å². The fourth-order valence-corrected chi connectivity index (χ4v) is 1.45. The van der Waals surface area contributed by atoms with Gasteiger partial charge in [-0.2, -0.15) is 10.2 Å². The van der Waals surface area contributed by atoms with Crippen molar-refractivity contribution in [1.82, 2.24) is 9.97 Å². The van der Waals surface area contributed by atoms with E-state index < -0.39 is 5.82 Å². The van der Waals surface area contributed by atoms with Crippen LogP contribution in [0.3, 0.4) is 0 Å². The van der Waals surface area contributed by atoms with E-state index in [0.717, 1.165) is 6.20 Å². The molecule has 0 unspecified atom stereocenters. The minimum absolute atomic E-state index is 0.00862. The first-order chi connectivity index (χ1) is 9.19. The normalized spacial score (nSPS) is 9.74. The van der Waals surface area contributed by atoms with Crippen molar-refractivity contribution in [3.8, 4) is 11.8 Å². The summed E-state index contributed by atoms with van der Waals surface area (Å²) in [7, 11) is 0. The number of aromatic nitrogens is 2. The van der Waals surface area contributed by atoms with Gasteiger partial charge in [0, 0.05) is 5.69 Å². The van der Waals surface area contributed by atoms with Gasteiger partial charge < -0.3 is 10.1 Å². The van der Waals surface area contributed by atoms with Crippen molar-refractivity contribution in [2.75, 3.05) is 11.9 Å². The molecule has 1 N–H and O–H groups in total. The zero-order valence-electron chi connectivity index (χ0n) is 9.60. The Morgan fingerprint density at radius 1 is 1.37 bits per heavy atom. The Balaban J connectivity index is 2.11. The van der Waals surface area contributed by atoms with Crippen molar-refractivity contribution in [3.63, 3.8) is 0 Å². The van der Waals surface area contributed by atoms with E-state index in [1.165, 1.54) is 0 Å². The van der Waals surface area contributed by atoms with Crippen LogP contribution in [-0.4, -0.2) is 16.6 Å². The summed E-state index contributed by atoms with van der Waals surface area (Å²) in [6.45, 7) is -0.0249. The number of nitrogens with one attached hydrogen (secondary N) is 1. The summed E-state index contributed by atoms with van der Waals surface area (Å²) >= 11 is 5.59. The van der Waals surface area contributed by atoms with Gasteiger partial charge in [-0.25, -0.2) is 9.37 Å². The van der Waals surface area contributed by atoms with Crippen LogP contribution in [0.25, 0.3) is 0 Å². The number of ether oxygens (including phenoxy) is 1. The number of nitrogens with zero attached hydrogens (tertiary/aromatic N) is 3. The summed E-state index contributed by atoms with van der Waals surface area (Å²) in [4.78, 5) is 7.25. The molecule has 1 aromatic heterocycles. The zero-order chi connectivity index (χ0) is 13.7. The molecule has 0 amide bonds. The maximum atomic E-state index is 13.4.